The average Bonchev–Trinajstić information content (AvgIpc) is 3.53. The molecule has 0 bridgehead atoms. The number of anilines is 4. The summed E-state index contributed by atoms with van der Waals surface area (Å²) in [7, 11) is 0. The van der Waals surface area contributed by atoms with Gasteiger partial charge in [-0.25, -0.2) is 9.37 Å². The lowest BCUT2D eigenvalue weighted by molar-refractivity contribution is -0.137. The number of carbonyl (C=O) groups is 3. The molecule has 11 nitrogen and oxygen atoms in total. The Morgan fingerprint density at radius 3 is 2.44 bits per heavy atom. The van der Waals surface area contributed by atoms with E-state index in [1.54, 1.807) is 36.5 Å². The molecule has 0 radical (unpaired) electrons. The van der Waals surface area contributed by atoms with Crippen molar-refractivity contribution < 1.29 is 41.1 Å². The minimum Gasteiger partial charge on any atom is -0.451 e. The third kappa shape index (κ3) is 6.91. The summed E-state index contributed by atoms with van der Waals surface area (Å²) in [6.45, 7) is 5.15. The Kier molecular flexibility index (Phi) is 9.11. The zero-order chi connectivity index (χ0) is 38.5. The van der Waals surface area contributed by atoms with E-state index in [1.165, 1.54) is 23.4 Å². The highest BCUT2D eigenvalue weighted by atomic mass is 19.4. The number of halogens is 4. The van der Waals surface area contributed by atoms with Crippen LogP contribution in [0.15, 0.2) is 83.7 Å². The second-order valence-corrected chi connectivity index (χ2v) is 14.1. The molecule has 6 heterocycles. The van der Waals surface area contributed by atoms with Crippen molar-refractivity contribution in [3.8, 4) is 11.3 Å². The molecule has 3 aliphatic rings. The maximum atomic E-state index is 14.4. The van der Waals surface area contributed by atoms with Crippen LogP contribution in [0.3, 0.4) is 0 Å². The van der Waals surface area contributed by atoms with Gasteiger partial charge in [-0.05, 0) is 86.3 Å². The van der Waals surface area contributed by atoms with E-state index in [0.717, 1.165) is 56.8 Å². The Labute approximate surface area is 312 Å². The van der Waals surface area contributed by atoms with E-state index in [9.17, 15) is 31.9 Å². The second kappa shape index (κ2) is 14.0. The number of nitrogens with zero attached hydrogens (tertiary/aromatic N) is 4. The van der Waals surface area contributed by atoms with Gasteiger partial charge in [-0.15, -0.1) is 0 Å². The maximum Gasteiger partial charge on any atom is 0.418 e. The number of hydrogen-bond donors (Lipinski definition) is 2. The quantitative estimate of drug-likeness (QED) is 0.170. The summed E-state index contributed by atoms with van der Waals surface area (Å²) in [5, 5.41) is 4.95. The van der Waals surface area contributed by atoms with Gasteiger partial charge in [0.05, 0.1) is 28.7 Å². The van der Waals surface area contributed by atoms with Crippen LogP contribution in [0.5, 0.6) is 0 Å². The van der Waals surface area contributed by atoms with Crippen LogP contribution in [0.2, 0.25) is 0 Å². The van der Waals surface area contributed by atoms with Crippen molar-refractivity contribution in [1.82, 2.24) is 9.97 Å². The van der Waals surface area contributed by atoms with Gasteiger partial charge in [-0.2, -0.15) is 13.2 Å². The van der Waals surface area contributed by atoms with Crippen molar-refractivity contribution in [2.45, 2.75) is 32.4 Å². The van der Waals surface area contributed by atoms with Crippen LogP contribution in [0.25, 0.3) is 11.3 Å². The number of ether oxygens (including phenoxy) is 1. The van der Waals surface area contributed by atoms with Crippen LogP contribution < -0.4 is 20.4 Å². The molecule has 3 aromatic heterocycles. The molecule has 15 heteroatoms. The number of fused-ring (bicyclic) bond motifs is 3. The summed E-state index contributed by atoms with van der Waals surface area (Å²) in [5.74, 6) is -2.47. The Morgan fingerprint density at radius 2 is 1.69 bits per heavy atom. The topological polar surface area (TPSA) is 130 Å². The van der Waals surface area contributed by atoms with Gasteiger partial charge < -0.3 is 29.6 Å². The number of benzene rings is 2. The molecule has 3 amide bonds. The molecule has 282 valence electrons. The SMILES string of the molecule is Cc1cnc(N2CC3(CCOCC3)C2)c(C(=O)Nc2ccc(C(=O)N3CCc4cc(C(=O)Nc5c(F)cccc5C(F)(F)F)oc4-c4ccncc43)cc2)c1. The van der Waals surface area contributed by atoms with Crippen LogP contribution in [0.1, 0.15) is 60.8 Å². The molecule has 5 aromatic rings. The molecule has 55 heavy (non-hydrogen) atoms. The third-order valence-corrected chi connectivity index (χ3v) is 10.3. The van der Waals surface area contributed by atoms with Crippen molar-refractivity contribution in [2.24, 2.45) is 5.41 Å². The first-order valence-corrected chi connectivity index (χ1v) is 17.7. The Bertz CT molecular complexity index is 2310. The van der Waals surface area contributed by atoms with E-state index < -0.39 is 29.2 Å². The molecule has 2 aromatic carbocycles. The minimum absolute atomic E-state index is 0.142. The van der Waals surface area contributed by atoms with Gasteiger partial charge in [-0.3, -0.25) is 19.4 Å². The molecule has 0 atom stereocenters. The van der Waals surface area contributed by atoms with Crippen molar-refractivity contribution in [3.05, 3.63) is 119 Å². The summed E-state index contributed by atoms with van der Waals surface area (Å²) in [6, 6.07) is 13.7. The highest BCUT2D eigenvalue weighted by Gasteiger charge is 2.45. The van der Waals surface area contributed by atoms with Crippen molar-refractivity contribution in [1.29, 1.82) is 0 Å². The zero-order valence-electron chi connectivity index (χ0n) is 29.5. The molecule has 0 aliphatic carbocycles. The number of para-hydroxylation sites is 1. The second-order valence-electron chi connectivity index (χ2n) is 14.1. The lowest BCUT2D eigenvalue weighted by Gasteiger charge is -2.53. The van der Waals surface area contributed by atoms with Crippen LogP contribution in [-0.2, 0) is 17.3 Å². The summed E-state index contributed by atoms with van der Waals surface area (Å²) < 4.78 is 66.5. The fraction of sp³-hybridized carbons (Fsp3) is 0.275. The molecule has 8 rings (SSSR count). The maximum absolute atomic E-state index is 14.4. The van der Waals surface area contributed by atoms with Gasteiger partial charge in [0.25, 0.3) is 17.7 Å². The number of aryl methyl sites for hydroxylation is 1. The van der Waals surface area contributed by atoms with Gasteiger partial charge >= 0.3 is 6.18 Å². The van der Waals surface area contributed by atoms with E-state index in [4.69, 9.17) is 9.15 Å². The molecule has 2 saturated heterocycles. The summed E-state index contributed by atoms with van der Waals surface area (Å²) in [5.41, 5.74) is 1.31. The van der Waals surface area contributed by atoms with Crippen molar-refractivity contribution >= 4 is 40.6 Å². The smallest absolute Gasteiger partial charge is 0.418 e. The molecular formula is C40H34F4N6O5. The number of nitrogens with one attached hydrogen (secondary N) is 2. The number of pyridine rings is 2. The van der Waals surface area contributed by atoms with Gasteiger partial charge in [0.1, 0.15) is 17.4 Å². The normalized spacial score (nSPS) is 16.1. The Balaban J connectivity index is 0.979. The number of rotatable bonds is 6. The van der Waals surface area contributed by atoms with Gasteiger partial charge in [0.2, 0.25) is 0 Å². The van der Waals surface area contributed by atoms with E-state index in [1.807, 2.05) is 18.3 Å². The Hall–Kier alpha value is -6.09. The van der Waals surface area contributed by atoms with E-state index in [-0.39, 0.29) is 41.7 Å². The predicted molar refractivity (Wildman–Crippen MR) is 195 cm³/mol. The van der Waals surface area contributed by atoms with E-state index in [2.05, 4.69) is 20.2 Å². The minimum atomic E-state index is -4.91. The molecular weight excluding hydrogens is 720 g/mol. The average molecular weight is 755 g/mol. The van der Waals surface area contributed by atoms with Crippen molar-refractivity contribution in [3.63, 3.8) is 0 Å². The predicted octanol–water partition coefficient (Wildman–Crippen LogP) is 7.53. The first-order valence-electron chi connectivity index (χ1n) is 17.7. The number of carbonyl (C=O) groups excluding carboxylic acids is 3. The standard InChI is InChI=1S/C40H34F4N6O5/c1-23-17-28(35(46-19-23)49-21-39(22-49)11-15-54-16-12-39)36(51)47-26-7-5-24(6-8-26)38(53)50-14-10-25-18-32(55-34(25)27-9-13-45-20-31(27)50)37(52)48-33-29(40(42,43)44)3-2-4-30(33)41/h2-9,13,17-20H,10-12,14-16,21-22H2,1H3,(H,47,51)(H,48,52). The molecule has 0 saturated carbocycles. The number of alkyl halides is 3. The van der Waals surface area contributed by atoms with E-state index in [0.29, 0.717) is 45.5 Å². The summed E-state index contributed by atoms with van der Waals surface area (Å²) in [6.07, 6.45) is 1.99. The number of hydrogen-bond acceptors (Lipinski definition) is 8. The van der Waals surface area contributed by atoms with Gasteiger partial charge in [-0.1, -0.05) is 6.07 Å². The monoisotopic (exact) mass is 754 g/mol. The third-order valence-electron chi connectivity index (χ3n) is 10.3. The fourth-order valence-electron chi connectivity index (χ4n) is 7.44. The van der Waals surface area contributed by atoms with Crippen LogP contribution in [0.4, 0.5) is 40.4 Å². The summed E-state index contributed by atoms with van der Waals surface area (Å²) in [4.78, 5) is 53.1. The van der Waals surface area contributed by atoms with Gasteiger partial charge in [0, 0.05) is 73.0 Å². The molecule has 2 fully saturated rings. The molecule has 2 N–H and O–H groups in total. The van der Waals surface area contributed by atoms with Gasteiger partial charge in [0.15, 0.2) is 5.76 Å². The number of aromatic nitrogens is 2. The van der Waals surface area contributed by atoms with Crippen LogP contribution in [0, 0.1) is 18.2 Å². The lowest BCUT2D eigenvalue weighted by atomic mass is 9.73. The number of amides is 3. The van der Waals surface area contributed by atoms with E-state index >= 15 is 0 Å². The first kappa shape index (κ1) is 35.9. The first-order chi connectivity index (χ1) is 26.4. The lowest BCUT2D eigenvalue weighted by Crippen LogP contribution is -2.59. The highest BCUT2D eigenvalue weighted by molar-refractivity contribution is 6.10. The largest absolute Gasteiger partial charge is 0.451 e. The molecule has 1 spiro atoms. The molecule has 0 unspecified atom stereocenters. The Morgan fingerprint density at radius 1 is 0.927 bits per heavy atom. The molecule has 3 aliphatic heterocycles. The zero-order valence-corrected chi connectivity index (χ0v) is 29.5. The summed E-state index contributed by atoms with van der Waals surface area (Å²) >= 11 is 0. The fourth-order valence-corrected chi connectivity index (χ4v) is 7.44. The number of furan rings is 1. The van der Waals surface area contributed by atoms with Crippen LogP contribution >= 0.6 is 0 Å². The van der Waals surface area contributed by atoms with Crippen LogP contribution in [-0.4, -0.2) is 60.5 Å². The van der Waals surface area contributed by atoms with Crippen molar-refractivity contribution in [2.75, 3.05) is 53.3 Å². The highest BCUT2D eigenvalue weighted by Crippen LogP contribution is 2.43.